The average molecular weight is 344 g/mol. The lowest BCUT2D eigenvalue weighted by Gasteiger charge is -2.07. The predicted molar refractivity (Wildman–Crippen MR) is 92.1 cm³/mol. The molecule has 0 saturated carbocycles. The summed E-state index contributed by atoms with van der Waals surface area (Å²) in [7, 11) is 0. The molecule has 1 aromatic heterocycles. The highest BCUT2D eigenvalue weighted by atomic mass is 35.5. The quantitative estimate of drug-likeness (QED) is 0.530. The molecule has 6 nitrogen and oxygen atoms in total. The van der Waals surface area contributed by atoms with Crippen LogP contribution in [0.2, 0.25) is 5.02 Å². The largest absolute Gasteiger partial charge is 0.439 e. The molecule has 0 atom stereocenters. The van der Waals surface area contributed by atoms with E-state index in [9.17, 15) is 10.1 Å². The lowest BCUT2D eigenvalue weighted by atomic mass is 10.1. The first-order valence-corrected chi connectivity index (χ1v) is 7.61. The van der Waals surface area contributed by atoms with Crippen LogP contribution in [-0.4, -0.2) is 9.91 Å². The van der Waals surface area contributed by atoms with E-state index in [0.717, 1.165) is 5.56 Å². The van der Waals surface area contributed by atoms with Crippen molar-refractivity contribution in [1.82, 2.24) is 4.98 Å². The Labute approximate surface area is 143 Å². The van der Waals surface area contributed by atoms with E-state index < -0.39 is 4.92 Å². The van der Waals surface area contributed by atoms with Crippen molar-refractivity contribution in [2.45, 2.75) is 13.5 Å². The first-order valence-electron chi connectivity index (χ1n) is 7.23. The van der Waals surface area contributed by atoms with Crippen LogP contribution in [0.5, 0.6) is 0 Å². The topological polar surface area (TPSA) is 81.2 Å². The molecule has 0 saturated heterocycles. The SMILES string of the molecule is Cc1c(NCc2ncc(-c3cccc(Cl)c3)o2)cccc1[N+](=O)[O-]. The molecule has 0 spiro atoms. The molecule has 0 radical (unpaired) electrons. The first-order chi connectivity index (χ1) is 11.5. The number of nitrogens with one attached hydrogen (secondary N) is 1. The summed E-state index contributed by atoms with van der Waals surface area (Å²) < 4.78 is 5.70. The Morgan fingerprint density at radius 2 is 2.08 bits per heavy atom. The van der Waals surface area contributed by atoms with Crippen molar-refractivity contribution < 1.29 is 9.34 Å². The normalized spacial score (nSPS) is 10.6. The van der Waals surface area contributed by atoms with Crippen LogP contribution in [0.25, 0.3) is 11.3 Å². The molecule has 0 unspecified atom stereocenters. The minimum absolute atomic E-state index is 0.0759. The summed E-state index contributed by atoms with van der Waals surface area (Å²) in [6.45, 7) is 2.02. The van der Waals surface area contributed by atoms with E-state index in [1.807, 2.05) is 12.1 Å². The van der Waals surface area contributed by atoms with Gasteiger partial charge in [0.05, 0.1) is 17.7 Å². The summed E-state index contributed by atoms with van der Waals surface area (Å²) in [5.41, 5.74) is 2.16. The van der Waals surface area contributed by atoms with Crippen LogP contribution in [0.4, 0.5) is 11.4 Å². The highest BCUT2D eigenvalue weighted by Gasteiger charge is 2.13. The summed E-state index contributed by atoms with van der Waals surface area (Å²) in [6.07, 6.45) is 1.63. The molecule has 7 heteroatoms. The van der Waals surface area contributed by atoms with E-state index in [0.29, 0.717) is 34.5 Å². The van der Waals surface area contributed by atoms with Crippen molar-refractivity contribution in [3.63, 3.8) is 0 Å². The number of rotatable bonds is 5. The van der Waals surface area contributed by atoms with E-state index in [4.69, 9.17) is 16.0 Å². The molecule has 0 fully saturated rings. The number of nitrogens with zero attached hydrogens (tertiary/aromatic N) is 2. The number of nitro groups is 1. The Hall–Kier alpha value is -2.86. The number of halogens is 1. The van der Waals surface area contributed by atoms with Gasteiger partial charge in [-0.05, 0) is 25.1 Å². The van der Waals surface area contributed by atoms with Gasteiger partial charge in [0.1, 0.15) is 0 Å². The number of oxazole rings is 1. The Balaban J connectivity index is 1.75. The molecular formula is C17H14ClN3O3. The fraction of sp³-hybridized carbons (Fsp3) is 0.118. The summed E-state index contributed by atoms with van der Waals surface area (Å²) in [4.78, 5) is 14.8. The van der Waals surface area contributed by atoms with Gasteiger partial charge in [-0.3, -0.25) is 10.1 Å². The van der Waals surface area contributed by atoms with Crippen molar-refractivity contribution in [2.75, 3.05) is 5.32 Å². The van der Waals surface area contributed by atoms with E-state index in [-0.39, 0.29) is 5.69 Å². The van der Waals surface area contributed by atoms with Crippen LogP contribution in [-0.2, 0) is 6.54 Å². The molecule has 24 heavy (non-hydrogen) atoms. The van der Waals surface area contributed by atoms with Gasteiger partial charge >= 0.3 is 0 Å². The van der Waals surface area contributed by atoms with Gasteiger partial charge in [-0.2, -0.15) is 0 Å². The van der Waals surface area contributed by atoms with Crippen LogP contribution in [0.1, 0.15) is 11.5 Å². The van der Waals surface area contributed by atoms with Gasteiger partial charge in [0, 0.05) is 27.9 Å². The van der Waals surface area contributed by atoms with E-state index in [1.54, 1.807) is 37.4 Å². The van der Waals surface area contributed by atoms with Gasteiger partial charge < -0.3 is 9.73 Å². The number of nitro benzene ring substituents is 1. The molecule has 3 rings (SSSR count). The number of anilines is 1. The highest BCUT2D eigenvalue weighted by molar-refractivity contribution is 6.30. The second-order valence-electron chi connectivity index (χ2n) is 5.19. The van der Waals surface area contributed by atoms with Gasteiger partial charge in [-0.1, -0.05) is 29.8 Å². The van der Waals surface area contributed by atoms with Crippen molar-refractivity contribution in [3.8, 4) is 11.3 Å². The van der Waals surface area contributed by atoms with E-state index in [1.165, 1.54) is 6.07 Å². The first kappa shape index (κ1) is 16.0. The van der Waals surface area contributed by atoms with Gasteiger partial charge in [0.15, 0.2) is 5.76 Å². The molecule has 0 aliphatic heterocycles. The summed E-state index contributed by atoms with van der Waals surface area (Å²) >= 11 is 5.97. The fourth-order valence-corrected chi connectivity index (χ4v) is 2.54. The molecule has 3 aromatic rings. The highest BCUT2D eigenvalue weighted by Crippen LogP contribution is 2.26. The standard InChI is InChI=1S/C17H14ClN3O3/c1-11-14(6-3-7-15(11)21(22)23)19-10-17-20-9-16(24-17)12-4-2-5-13(18)8-12/h2-9,19H,10H2,1H3. The Bertz CT molecular complexity index is 892. The zero-order valence-corrected chi connectivity index (χ0v) is 13.6. The Morgan fingerprint density at radius 1 is 1.29 bits per heavy atom. The van der Waals surface area contributed by atoms with E-state index >= 15 is 0 Å². The molecule has 0 bridgehead atoms. The molecule has 0 aliphatic carbocycles. The van der Waals surface area contributed by atoms with Crippen LogP contribution in [0, 0.1) is 17.0 Å². The van der Waals surface area contributed by atoms with Crippen molar-refractivity contribution in [3.05, 3.63) is 75.3 Å². The second kappa shape index (κ2) is 6.72. The zero-order valence-electron chi connectivity index (χ0n) is 12.8. The maximum Gasteiger partial charge on any atom is 0.274 e. The van der Waals surface area contributed by atoms with E-state index in [2.05, 4.69) is 10.3 Å². The van der Waals surface area contributed by atoms with Gasteiger partial charge in [0.2, 0.25) is 5.89 Å². The Morgan fingerprint density at radius 3 is 2.83 bits per heavy atom. The van der Waals surface area contributed by atoms with Crippen LogP contribution in [0.15, 0.2) is 53.1 Å². The minimum atomic E-state index is -0.400. The maximum absolute atomic E-state index is 11.0. The number of hydrogen-bond acceptors (Lipinski definition) is 5. The third-order valence-electron chi connectivity index (χ3n) is 3.59. The van der Waals surface area contributed by atoms with Crippen molar-refractivity contribution in [1.29, 1.82) is 0 Å². The number of hydrogen-bond donors (Lipinski definition) is 1. The molecule has 122 valence electrons. The average Bonchev–Trinajstić information content (AvgIpc) is 3.02. The van der Waals surface area contributed by atoms with Crippen LogP contribution >= 0.6 is 11.6 Å². The zero-order chi connectivity index (χ0) is 17.1. The Kier molecular flexibility index (Phi) is 4.48. The van der Waals surface area contributed by atoms with Crippen molar-refractivity contribution in [2.24, 2.45) is 0 Å². The lowest BCUT2D eigenvalue weighted by molar-refractivity contribution is -0.385. The van der Waals surface area contributed by atoms with Crippen LogP contribution < -0.4 is 5.32 Å². The second-order valence-corrected chi connectivity index (χ2v) is 5.63. The van der Waals surface area contributed by atoms with Crippen molar-refractivity contribution >= 4 is 23.0 Å². The van der Waals surface area contributed by atoms with Gasteiger partial charge in [-0.15, -0.1) is 0 Å². The molecule has 2 aromatic carbocycles. The minimum Gasteiger partial charge on any atom is -0.439 e. The van der Waals surface area contributed by atoms with Gasteiger partial charge in [-0.25, -0.2) is 4.98 Å². The molecule has 0 aliphatic rings. The summed E-state index contributed by atoms with van der Waals surface area (Å²) in [5, 5.41) is 14.7. The fourth-order valence-electron chi connectivity index (χ4n) is 2.35. The molecule has 0 amide bonds. The van der Waals surface area contributed by atoms with Crippen LogP contribution in [0.3, 0.4) is 0 Å². The molecular weight excluding hydrogens is 330 g/mol. The third-order valence-corrected chi connectivity index (χ3v) is 3.83. The molecule has 1 heterocycles. The summed E-state index contributed by atoms with van der Waals surface area (Å²) in [6, 6.07) is 12.2. The smallest absolute Gasteiger partial charge is 0.274 e. The van der Waals surface area contributed by atoms with Gasteiger partial charge in [0.25, 0.3) is 5.69 Å². The lowest BCUT2D eigenvalue weighted by Crippen LogP contribution is -2.02. The summed E-state index contributed by atoms with van der Waals surface area (Å²) in [5.74, 6) is 1.10. The molecule has 1 N–H and O–H groups in total. The monoisotopic (exact) mass is 343 g/mol. The maximum atomic E-state index is 11.0. The number of benzene rings is 2. The number of aromatic nitrogens is 1. The third kappa shape index (κ3) is 3.38. The predicted octanol–water partition coefficient (Wildman–Crippen LogP) is 4.82.